The fourth-order valence-electron chi connectivity index (χ4n) is 4.33. The van der Waals surface area contributed by atoms with Gasteiger partial charge >= 0.3 is 0 Å². The summed E-state index contributed by atoms with van der Waals surface area (Å²) in [5.74, 6) is -0.932. The van der Waals surface area contributed by atoms with Crippen LogP contribution in [0.4, 0.5) is 5.69 Å². The Morgan fingerprint density at radius 1 is 0.947 bits per heavy atom. The number of sulfonamides is 1. The summed E-state index contributed by atoms with van der Waals surface area (Å²) in [6.07, 6.45) is 1.28. The second-order valence-corrected chi connectivity index (χ2v) is 11.8. The zero-order valence-electron chi connectivity index (χ0n) is 21.7. The van der Waals surface area contributed by atoms with Gasteiger partial charge in [-0.2, -0.15) is 0 Å². The number of nitrogens with zero attached hydrogens (tertiary/aromatic N) is 2. The van der Waals surface area contributed by atoms with Gasteiger partial charge in [-0.05, 0) is 48.2 Å². The van der Waals surface area contributed by atoms with Crippen LogP contribution < -0.4 is 9.62 Å². The van der Waals surface area contributed by atoms with Gasteiger partial charge in [-0.15, -0.1) is 0 Å². The van der Waals surface area contributed by atoms with E-state index in [4.69, 9.17) is 23.2 Å². The molecule has 202 valence electrons. The first-order valence-electron chi connectivity index (χ1n) is 11.9. The van der Waals surface area contributed by atoms with Crippen molar-refractivity contribution >= 4 is 50.7 Å². The van der Waals surface area contributed by atoms with Gasteiger partial charge in [0.15, 0.2) is 0 Å². The molecule has 0 aromatic heterocycles. The number of rotatable bonds is 10. The Kier molecular flexibility index (Phi) is 9.82. The van der Waals surface area contributed by atoms with Crippen molar-refractivity contribution in [2.75, 3.05) is 24.2 Å². The molecule has 0 saturated carbocycles. The molecule has 0 spiro atoms. The number of halogens is 2. The Balaban J connectivity index is 2.09. The highest BCUT2D eigenvalue weighted by molar-refractivity contribution is 7.92. The van der Waals surface area contributed by atoms with E-state index >= 15 is 0 Å². The van der Waals surface area contributed by atoms with E-state index in [9.17, 15) is 18.0 Å². The molecular weight excluding hydrogens is 545 g/mol. The van der Waals surface area contributed by atoms with Crippen LogP contribution in [0.1, 0.15) is 22.3 Å². The second kappa shape index (κ2) is 12.7. The quantitative estimate of drug-likeness (QED) is 0.377. The highest BCUT2D eigenvalue weighted by atomic mass is 35.5. The summed E-state index contributed by atoms with van der Waals surface area (Å²) in [6.45, 7) is 3.07. The first-order chi connectivity index (χ1) is 17.9. The van der Waals surface area contributed by atoms with E-state index in [-0.39, 0.29) is 18.9 Å². The minimum Gasteiger partial charge on any atom is -0.357 e. The molecule has 0 aliphatic carbocycles. The van der Waals surface area contributed by atoms with E-state index in [2.05, 4.69) is 5.32 Å². The van der Waals surface area contributed by atoms with Crippen LogP contribution in [0.15, 0.2) is 66.7 Å². The van der Waals surface area contributed by atoms with Crippen molar-refractivity contribution in [3.8, 4) is 0 Å². The molecular formula is C28H31Cl2N3O4S. The molecule has 1 atom stereocenters. The number of aryl methyl sites for hydroxylation is 2. The monoisotopic (exact) mass is 575 g/mol. The maximum absolute atomic E-state index is 14.0. The summed E-state index contributed by atoms with van der Waals surface area (Å²) in [5.41, 5.74) is 3.28. The van der Waals surface area contributed by atoms with Gasteiger partial charge in [0.25, 0.3) is 0 Å². The first-order valence-corrected chi connectivity index (χ1v) is 14.6. The van der Waals surface area contributed by atoms with Gasteiger partial charge in [-0.3, -0.25) is 13.9 Å². The largest absolute Gasteiger partial charge is 0.357 e. The first kappa shape index (κ1) is 29.5. The molecule has 0 aliphatic rings. The van der Waals surface area contributed by atoms with E-state index in [0.29, 0.717) is 32.4 Å². The molecule has 0 fully saturated rings. The molecule has 3 aromatic rings. The molecule has 0 heterocycles. The van der Waals surface area contributed by atoms with E-state index in [1.807, 2.05) is 36.4 Å². The molecule has 0 aliphatic heterocycles. The summed E-state index contributed by atoms with van der Waals surface area (Å²) >= 11 is 12.5. The fourth-order valence-corrected chi connectivity index (χ4v) is 5.76. The number of nitrogens with one attached hydrogen (secondary N) is 1. The standard InChI is InChI=1S/C28H31Cl2N3O4S/c1-19-9-8-10-20(2)27(19)33(38(4,36)37)18-26(34)32(17-22-13-14-23(29)16-24(22)30)25(28(35)31-3)15-21-11-6-5-7-12-21/h5-14,16,25H,15,17-18H2,1-4H3,(H,31,35)/t25-/m0/s1. The Labute approximate surface area is 234 Å². The number of carbonyl (C=O) groups is 2. The number of hydrogen-bond acceptors (Lipinski definition) is 4. The minimum atomic E-state index is -3.85. The van der Waals surface area contributed by atoms with E-state index in [1.165, 1.54) is 11.9 Å². The number of para-hydroxylation sites is 1. The van der Waals surface area contributed by atoms with Crippen molar-refractivity contribution < 1.29 is 18.0 Å². The smallest absolute Gasteiger partial charge is 0.244 e. The molecule has 38 heavy (non-hydrogen) atoms. The summed E-state index contributed by atoms with van der Waals surface area (Å²) in [6, 6.07) is 18.7. The number of anilines is 1. The second-order valence-electron chi connectivity index (χ2n) is 9.09. The van der Waals surface area contributed by atoms with Gasteiger partial charge in [0.1, 0.15) is 12.6 Å². The Morgan fingerprint density at radius 3 is 2.13 bits per heavy atom. The number of likely N-dealkylation sites (N-methyl/N-ethyl adjacent to an activating group) is 1. The lowest BCUT2D eigenvalue weighted by atomic mass is 10.0. The van der Waals surface area contributed by atoms with Crippen molar-refractivity contribution in [2.45, 2.75) is 32.9 Å². The molecule has 0 saturated heterocycles. The van der Waals surface area contributed by atoms with E-state index < -0.39 is 28.5 Å². The Bertz CT molecular complexity index is 1390. The van der Waals surface area contributed by atoms with Gasteiger partial charge in [-0.25, -0.2) is 8.42 Å². The predicted octanol–water partition coefficient (Wildman–Crippen LogP) is 4.76. The van der Waals surface area contributed by atoms with Crippen LogP contribution in [-0.4, -0.2) is 51.0 Å². The topological polar surface area (TPSA) is 86.8 Å². The van der Waals surface area contributed by atoms with Crippen molar-refractivity contribution in [3.05, 3.63) is 99.0 Å². The summed E-state index contributed by atoms with van der Waals surface area (Å²) < 4.78 is 27.0. The van der Waals surface area contributed by atoms with Crippen LogP contribution in [0.3, 0.4) is 0 Å². The third-order valence-electron chi connectivity index (χ3n) is 6.24. The molecule has 0 unspecified atom stereocenters. The molecule has 3 rings (SSSR count). The Hall–Kier alpha value is -3.07. The number of amides is 2. The molecule has 1 N–H and O–H groups in total. The van der Waals surface area contributed by atoms with Crippen LogP contribution in [0.2, 0.25) is 10.0 Å². The van der Waals surface area contributed by atoms with Gasteiger partial charge in [0.05, 0.1) is 11.9 Å². The molecule has 0 radical (unpaired) electrons. The lowest BCUT2D eigenvalue weighted by molar-refractivity contribution is -0.139. The normalized spacial score (nSPS) is 12.1. The molecule has 3 aromatic carbocycles. The molecule has 2 amide bonds. The maximum atomic E-state index is 14.0. The minimum absolute atomic E-state index is 0.0237. The van der Waals surface area contributed by atoms with Gasteiger partial charge in [-0.1, -0.05) is 77.8 Å². The van der Waals surface area contributed by atoms with Crippen LogP contribution in [0, 0.1) is 13.8 Å². The fraction of sp³-hybridized carbons (Fsp3) is 0.286. The summed E-state index contributed by atoms with van der Waals surface area (Å²) in [4.78, 5) is 28.5. The average Bonchev–Trinajstić information content (AvgIpc) is 2.86. The van der Waals surface area contributed by atoms with Crippen LogP contribution in [0.5, 0.6) is 0 Å². The third kappa shape index (κ3) is 7.28. The van der Waals surface area contributed by atoms with Gasteiger partial charge < -0.3 is 10.2 Å². The maximum Gasteiger partial charge on any atom is 0.244 e. The highest BCUT2D eigenvalue weighted by Crippen LogP contribution is 2.28. The summed E-state index contributed by atoms with van der Waals surface area (Å²) in [5, 5.41) is 3.41. The lowest BCUT2D eigenvalue weighted by Gasteiger charge is -2.34. The number of benzene rings is 3. The van der Waals surface area contributed by atoms with Gasteiger partial charge in [0, 0.05) is 30.1 Å². The summed E-state index contributed by atoms with van der Waals surface area (Å²) in [7, 11) is -2.35. The molecule has 0 bridgehead atoms. The van der Waals surface area contributed by atoms with Crippen LogP contribution in [-0.2, 0) is 32.6 Å². The van der Waals surface area contributed by atoms with Crippen LogP contribution in [0.25, 0.3) is 0 Å². The third-order valence-corrected chi connectivity index (χ3v) is 7.94. The Morgan fingerprint density at radius 2 is 1.58 bits per heavy atom. The number of hydrogen-bond donors (Lipinski definition) is 1. The average molecular weight is 577 g/mol. The lowest BCUT2D eigenvalue weighted by Crippen LogP contribution is -2.53. The van der Waals surface area contributed by atoms with E-state index in [1.54, 1.807) is 44.2 Å². The zero-order chi connectivity index (χ0) is 28.0. The SMILES string of the molecule is CNC(=O)[C@H](Cc1ccccc1)N(Cc1ccc(Cl)cc1Cl)C(=O)CN(c1c(C)cccc1C)S(C)(=O)=O. The van der Waals surface area contributed by atoms with Crippen molar-refractivity contribution in [1.29, 1.82) is 0 Å². The van der Waals surface area contributed by atoms with Crippen LogP contribution >= 0.6 is 23.2 Å². The van der Waals surface area contributed by atoms with Crippen molar-refractivity contribution in [1.82, 2.24) is 10.2 Å². The molecule has 7 nitrogen and oxygen atoms in total. The highest BCUT2D eigenvalue weighted by Gasteiger charge is 2.33. The van der Waals surface area contributed by atoms with Gasteiger partial charge in [0.2, 0.25) is 21.8 Å². The van der Waals surface area contributed by atoms with Crippen molar-refractivity contribution in [2.24, 2.45) is 0 Å². The van der Waals surface area contributed by atoms with E-state index in [0.717, 1.165) is 16.1 Å². The zero-order valence-corrected chi connectivity index (χ0v) is 24.1. The predicted molar refractivity (Wildman–Crippen MR) is 153 cm³/mol. The molecule has 10 heteroatoms. The van der Waals surface area contributed by atoms with Crippen molar-refractivity contribution in [3.63, 3.8) is 0 Å². The number of carbonyl (C=O) groups excluding carboxylic acids is 2.